The van der Waals surface area contributed by atoms with Crippen molar-refractivity contribution in [2.45, 2.75) is 13.1 Å². The molecule has 0 aliphatic rings. The van der Waals surface area contributed by atoms with E-state index in [1.165, 1.54) is 19.3 Å². The molecule has 2 aromatic carbocycles. The topological polar surface area (TPSA) is 64.6 Å². The van der Waals surface area contributed by atoms with Gasteiger partial charge < -0.3 is 14.8 Å². The van der Waals surface area contributed by atoms with Crippen molar-refractivity contribution in [1.29, 1.82) is 0 Å². The van der Waals surface area contributed by atoms with E-state index in [1.807, 2.05) is 0 Å². The van der Waals surface area contributed by atoms with Crippen LogP contribution in [0.15, 0.2) is 48.5 Å². The molecule has 0 saturated heterocycles. The molecule has 0 radical (unpaired) electrons. The van der Waals surface area contributed by atoms with E-state index in [4.69, 9.17) is 9.47 Å². The second-order valence-electron chi connectivity index (χ2n) is 5.93. The number of ether oxygens (including phenoxy) is 2. The molecule has 0 fully saturated rings. The normalized spacial score (nSPS) is 11.3. The maximum atomic E-state index is 12.6. The van der Waals surface area contributed by atoms with E-state index in [0.29, 0.717) is 23.6 Å². The Morgan fingerprint density at radius 2 is 1.76 bits per heavy atom. The quantitative estimate of drug-likeness (QED) is 0.528. The highest BCUT2D eigenvalue weighted by Crippen LogP contribution is 2.30. The van der Waals surface area contributed by atoms with Crippen LogP contribution in [0.4, 0.5) is 13.2 Å². The minimum Gasteiger partial charge on any atom is -0.493 e. The van der Waals surface area contributed by atoms with Gasteiger partial charge in [-0.15, -0.1) is 0 Å². The van der Waals surface area contributed by atoms with Gasteiger partial charge in [0.15, 0.2) is 23.9 Å². The van der Waals surface area contributed by atoms with Gasteiger partial charge in [0.25, 0.3) is 5.91 Å². The third-order valence-electron chi connectivity index (χ3n) is 3.84. The van der Waals surface area contributed by atoms with Crippen LogP contribution < -0.4 is 14.8 Å². The molecule has 1 N–H and O–H groups in total. The van der Waals surface area contributed by atoms with E-state index >= 15 is 0 Å². The number of carbonyl (C=O) groups is 2. The lowest BCUT2D eigenvalue weighted by molar-refractivity contribution is -0.137. The molecule has 154 valence electrons. The fraction of sp³-hybridized carbons (Fsp3) is 0.238. The Labute approximate surface area is 166 Å². The fourth-order valence-corrected chi connectivity index (χ4v) is 2.39. The predicted molar refractivity (Wildman–Crippen MR) is 102 cm³/mol. The van der Waals surface area contributed by atoms with Crippen LogP contribution in [0.3, 0.4) is 0 Å². The Morgan fingerprint density at radius 3 is 2.34 bits per heavy atom. The van der Waals surface area contributed by atoms with Crippen LogP contribution in [0.2, 0.25) is 0 Å². The number of hydrogen-bond acceptors (Lipinski definition) is 4. The Balaban J connectivity index is 2.07. The number of methoxy groups -OCH3 is 1. The summed E-state index contributed by atoms with van der Waals surface area (Å²) in [7, 11) is 1.44. The number of halogens is 3. The summed E-state index contributed by atoms with van der Waals surface area (Å²) in [5.74, 6) is 0.0401. The molecule has 2 rings (SSSR count). The monoisotopic (exact) mass is 407 g/mol. The number of carbonyl (C=O) groups excluding carboxylic acids is 2. The second kappa shape index (κ2) is 9.77. The van der Waals surface area contributed by atoms with E-state index in [1.54, 1.807) is 25.1 Å². The lowest BCUT2D eigenvalue weighted by Crippen LogP contribution is -2.28. The fourth-order valence-electron chi connectivity index (χ4n) is 2.39. The number of alkyl halides is 3. The number of likely N-dealkylation sites (N-methyl/N-ethyl adjacent to an activating group) is 1. The van der Waals surface area contributed by atoms with Gasteiger partial charge in [0.2, 0.25) is 0 Å². The Morgan fingerprint density at radius 1 is 1.07 bits per heavy atom. The van der Waals surface area contributed by atoms with Crippen LogP contribution in [-0.4, -0.2) is 32.0 Å². The molecule has 0 bridgehead atoms. The third-order valence-corrected chi connectivity index (χ3v) is 3.84. The van der Waals surface area contributed by atoms with Crippen molar-refractivity contribution in [3.63, 3.8) is 0 Å². The number of amides is 1. The van der Waals surface area contributed by atoms with Gasteiger partial charge in [-0.3, -0.25) is 9.59 Å². The molecular weight excluding hydrogens is 387 g/mol. The highest BCUT2D eigenvalue weighted by molar-refractivity contribution is 6.06. The molecule has 0 heterocycles. The van der Waals surface area contributed by atoms with E-state index in [2.05, 4.69) is 5.32 Å². The van der Waals surface area contributed by atoms with Crippen LogP contribution in [0.1, 0.15) is 28.4 Å². The lowest BCUT2D eigenvalue weighted by atomic mass is 10.1. The van der Waals surface area contributed by atoms with Crippen molar-refractivity contribution in [2.24, 2.45) is 0 Å². The molecule has 0 aliphatic heterocycles. The van der Waals surface area contributed by atoms with Gasteiger partial charge in [-0.1, -0.05) is 24.3 Å². The van der Waals surface area contributed by atoms with Crippen LogP contribution >= 0.6 is 0 Å². The number of ketones is 1. The number of hydrogen-bond donors (Lipinski definition) is 1. The maximum Gasteiger partial charge on any atom is 0.416 e. The zero-order valence-corrected chi connectivity index (χ0v) is 15.9. The Hall–Kier alpha value is -3.29. The smallest absolute Gasteiger partial charge is 0.416 e. The number of nitrogens with one attached hydrogen (secondary N) is 1. The minimum absolute atomic E-state index is 0.142. The molecule has 0 unspecified atom stereocenters. The molecule has 8 heteroatoms. The molecule has 1 amide bonds. The number of rotatable bonds is 8. The third kappa shape index (κ3) is 6.38. The van der Waals surface area contributed by atoms with Crippen LogP contribution in [0, 0.1) is 0 Å². The second-order valence-corrected chi connectivity index (χ2v) is 5.93. The van der Waals surface area contributed by atoms with Gasteiger partial charge in [0.05, 0.1) is 12.7 Å². The molecule has 29 heavy (non-hydrogen) atoms. The molecule has 2 aromatic rings. The zero-order valence-electron chi connectivity index (χ0n) is 15.9. The summed E-state index contributed by atoms with van der Waals surface area (Å²) in [5.41, 5.74) is -0.0541. The van der Waals surface area contributed by atoms with Gasteiger partial charge in [-0.25, -0.2) is 0 Å². The lowest BCUT2D eigenvalue weighted by Gasteiger charge is -2.11. The SMILES string of the molecule is CCNC(=O)COc1ccc(/C=C/C(=O)c2ccc(C(F)(F)F)cc2)cc1OC. The molecule has 0 spiro atoms. The highest BCUT2D eigenvalue weighted by atomic mass is 19.4. The van der Waals surface area contributed by atoms with Crippen molar-refractivity contribution in [3.05, 3.63) is 65.2 Å². The molecule has 0 aliphatic carbocycles. The molecule has 0 aromatic heterocycles. The summed E-state index contributed by atoms with van der Waals surface area (Å²) < 4.78 is 48.4. The summed E-state index contributed by atoms with van der Waals surface area (Å²) in [4.78, 5) is 23.7. The first-order valence-electron chi connectivity index (χ1n) is 8.71. The molecule has 0 saturated carbocycles. The first-order valence-corrected chi connectivity index (χ1v) is 8.71. The highest BCUT2D eigenvalue weighted by Gasteiger charge is 2.30. The Kier molecular flexibility index (Phi) is 7.41. The molecular formula is C21H20F3NO4. The van der Waals surface area contributed by atoms with Gasteiger partial charge in [0.1, 0.15) is 0 Å². The van der Waals surface area contributed by atoms with Crippen molar-refractivity contribution >= 4 is 17.8 Å². The van der Waals surface area contributed by atoms with E-state index in [-0.39, 0.29) is 18.1 Å². The predicted octanol–water partition coefficient (Wildman–Crippen LogP) is 4.13. The van der Waals surface area contributed by atoms with E-state index < -0.39 is 17.5 Å². The zero-order chi connectivity index (χ0) is 21.4. The van der Waals surface area contributed by atoms with Gasteiger partial charge in [-0.2, -0.15) is 13.2 Å². The van der Waals surface area contributed by atoms with Crippen LogP contribution in [0.5, 0.6) is 11.5 Å². The summed E-state index contributed by atoms with van der Waals surface area (Å²) in [5, 5.41) is 2.61. The average molecular weight is 407 g/mol. The van der Waals surface area contributed by atoms with Crippen molar-refractivity contribution < 1.29 is 32.2 Å². The Bertz CT molecular complexity index is 890. The van der Waals surface area contributed by atoms with Gasteiger partial charge >= 0.3 is 6.18 Å². The summed E-state index contributed by atoms with van der Waals surface area (Å²) in [6.45, 7) is 2.13. The van der Waals surface area contributed by atoms with E-state index in [9.17, 15) is 22.8 Å². The largest absolute Gasteiger partial charge is 0.493 e. The van der Waals surface area contributed by atoms with E-state index in [0.717, 1.165) is 24.3 Å². The van der Waals surface area contributed by atoms with Crippen LogP contribution in [-0.2, 0) is 11.0 Å². The average Bonchev–Trinajstić information content (AvgIpc) is 2.70. The van der Waals surface area contributed by atoms with Gasteiger partial charge in [-0.05, 0) is 42.8 Å². The first kappa shape index (κ1) is 22.0. The minimum atomic E-state index is -4.45. The summed E-state index contributed by atoms with van der Waals surface area (Å²) in [6, 6.07) is 8.87. The standard InChI is InChI=1S/C21H20F3NO4/c1-3-25-20(27)13-29-18-11-5-14(12-19(18)28-2)4-10-17(26)15-6-8-16(9-7-15)21(22,23)24/h4-12H,3,13H2,1-2H3,(H,25,27)/b10-4+. The van der Waals surface area contributed by atoms with Gasteiger partial charge in [0, 0.05) is 12.1 Å². The maximum absolute atomic E-state index is 12.6. The molecule has 5 nitrogen and oxygen atoms in total. The van der Waals surface area contributed by atoms with Crippen molar-refractivity contribution in [1.82, 2.24) is 5.32 Å². The van der Waals surface area contributed by atoms with Crippen LogP contribution in [0.25, 0.3) is 6.08 Å². The summed E-state index contributed by atoms with van der Waals surface area (Å²) in [6.07, 6.45) is -1.68. The summed E-state index contributed by atoms with van der Waals surface area (Å²) >= 11 is 0. The van der Waals surface area contributed by atoms with Crippen molar-refractivity contribution in [3.8, 4) is 11.5 Å². The van der Waals surface area contributed by atoms with Crippen molar-refractivity contribution in [2.75, 3.05) is 20.3 Å². The molecule has 0 atom stereocenters. The number of benzene rings is 2. The number of allylic oxidation sites excluding steroid dienone is 1. The first-order chi connectivity index (χ1) is 13.7.